The van der Waals surface area contributed by atoms with Crippen LogP contribution in [0.15, 0.2) is 11.2 Å². The van der Waals surface area contributed by atoms with E-state index in [0.717, 1.165) is 35.5 Å². The standard InChI is InChI=1S/C8H14N2O6P2S/c1-2-3-4-6-5-9-7(19-6)10-8(17(11,12)13)18(14,15)16/h5,11-13H,2-4H2,1H3,(H-,14,15,16)/p+1. The number of aliphatic imine (C=N–C) groups is 1. The van der Waals surface area contributed by atoms with Crippen molar-refractivity contribution in [2.75, 3.05) is 0 Å². The summed E-state index contributed by atoms with van der Waals surface area (Å²) in [6, 6.07) is 0. The van der Waals surface area contributed by atoms with Crippen molar-refractivity contribution < 1.29 is 29.0 Å². The van der Waals surface area contributed by atoms with Gasteiger partial charge in [0.15, 0.2) is 0 Å². The zero-order valence-corrected chi connectivity index (χ0v) is 12.6. The lowest BCUT2D eigenvalue weighted by atomic mass is 10.2. The summed E-state index contributed by atoms with van der Waals surface area (Å²) in [5.41, 5.74) is 0. The quantitative estimate of drug-likeness (QED) is 0.392. The van der Waals surface area contributed by atoms with Crippen LogP contribution in [-0.2, 0) is 11.0 Å². The van der Waals surface area contributed by atoms with Crippen molar-refractivity contribution in [3.8, 4) is 0 Å². The van der Waals surface area contributed by atoms with E-state index in [-0.39, 0.29) is 5.13 Å². The Morgan fingerprint density at radius 1 is 1.47 bits per heavy atom. The van der Waals surface area contributed by atoms with E-state index in [1.54, 1.807) is 0 Å². The first-order chi connectivity index (χ1) is 8.64. The summed E-state index contributed by atoms with van der Waals surface area (Å²) in [4.78, 5) is 52.9. The number of aryl methyl sites for hydroxylation is 1. The van der Waals surface area contributed by atoms with Gasteiger partial charge in [-0.2, -0.15) is 19.7 Å². The molecule has 1 aromatic rings. The number of nitrogens with zero attached hydrogens (tertiary/aromatic N) is 2. The molecule has 0 radical (unpaired) electrons. The lowest BCUT2D eigenvalue weighted by Gasteiger charge is -2.06. The Morgan fingerprint density at radius 3 is 2.58 bits per heavy atom. The molecule has 0 atom stereocenters. The van der Waals surface area contributed by atoms with Crippen LogP contribution in [0, 0.1) is 0 Å². The second kappa shape index (κ2) is 6.47. The van der Waals surface area contributed by atoms with Crippen molar-refractivity contribution in [3.05, 3.63) is 11.1 Å². The van der Waals surface area contributed by atoms with Crippen LogP contribution in [0.3, 0.4) is 0 Å². The molecule has 0 amide bonds. The van der Waals surface area contributed by atoms with E-state index < -0.39 is 20.7 Å². The number of hydrogen-bond acceptors (Lipinski definition) is 7. The molecule has 8 nitrogen and oxygen atoms in total. The number of rotatable bonds is 6. The highest BCUT2D eigenvalue weighted by molar-refractivity contribution is 8.00. The average Bonchev–Trinajstić information content (AvgIpc) is 2.67. The van der Waals surface area contributed by atoms with Crippen molar-refractivity contribution in [2.45, 2.75) is 26.2 Å². The van der Waals surface area contributed by atoms with Gasteiger partial charge in [-0.15, -0.1) is 0 Å². The van der Waals surface area contributed by atoms with Crippen LogP contribution < -0.4 is 0 Å². The second-order valence-electron chi connectivity index (χ2n) is 3.74. The van der Waals surface area contributed by atoms with E-state index >= 15 is 0 Å². The van der Waals surface area contributed by atoms with Crippen LogP contribution in [0.25, 0.3) is 0 Å². The Kier molecular flexibility index (Phi) is 5.73. The van der Waals surface area contributed by atoms with Gasteiger partial charge in [-0.05, 0) is 12.8 Å². The maximum atomic E-state index is 11.0. The van der Waals surface area contributed by atoms with Crippen LogP contribution >= 0.6 is 26.9 Å². The molecule has 0 fully saturated rings. The predicted octanol–water partition coefficient (Wildman–Crippen LogP) is 1.39. The molecule has 0 aliphatic carbocycles. The van der Waals surface area contributed by atoms with Gasteiger partial charge < -0.3 is 9.79 Å². The minimum atomic E-state index is -5.06. The van der Waals surface area contributed by atoms with E-state index in [0.29, 0.717) is 0 Å². The molecule has 0 aliphatic heterocycles. The van der Waals surface area contributed by atoms with E-state index in [1.165, 1.54) is 6.20 Å². The monoisotopic (exact) mass is 329 g/mol. The van der Waals surface area contributed by atoms with Crippen LogP contribution in [0.2, 0.25) is 0 Å². The second-order valence-corrected chi connectivity index (χ2v) is 8.26. The van der Waals surface area contributed by atoms with Gasteiger partial charge in [-0.1, -0.05) is 24.7 Å². The highest BCUT2D eigenvalue weighted by Crippen LogP contribution is 2.61. The predicted molar refractivity (Wildman–Crippen MR) is 73.4 cm³/mol. The van der Waals surface area contributed by atoms with E-state index in [4.69, 9.17) is 24.5 Å². The fraction of sp³-hybridized carbons (Fsp3) is 0.500. The smallest absolute Gasteiger partial charge is 0.317 e. The topological polar surface area (TPSA) is 143 Å². The molecule has 1 aromatic heterocycles. The molecule has 1 rings (SSSR count). The van der Waals surface area contributed by atoms with E-state index in [1.807, 2.05) is 6.92 Å². The van der Waals surface area contributed by atoms with Gasteiger partial charge in [0.25, 0.3) is 0 Å². The third-order valence-electron chi connectivity index (χ3n) is 2.04. The first-order valence-electron chi connectivity index (χ1n) is 5.32. The number of hydrogen-bond donors (Lipinski definition) is 5. The van der Waals surface area contributed by atoms with E-state index in [9.17, 15) is 4.57 Å². The number of unbranched alkanes of at least 4 members (excludes halogenated alkanes) is 1. The number of aromatic nitrogens is 1. The van der Waals surface area contributed by atoms with Crippen molar-refractivity contribution in [1.82, 2.24) is 4.98 Å². The zero-order chi connectivity index (χ0) is 14.7. The van der Waals surface area contributed by atoms with Gasteiger partial charge in [0.1, 0.15) is 0 Å². The molecule has 0 bridgehead atoms. The summed E-state index contributed by atoms with van der Waals surface area (Å²) >= 11 is 1.08. The third-order valence-corrected chi connectivity index (χ3v) is 5.84. The molecule has 1 heterocycles. The highest BCUT2D eigenvalue weighted by atomic mass is 32.1. The Balaban J connectivity index is 3.03. The minimum Gasteiger partial charge on any atom is -0.317 e. The summed E-state index contributed by atoms with van der Waals surface area (Å²) in [7, 11) is -9.93. The molecule has 19 heavy (non-hydrogen) atoms. The Morgan fingerprint density at radius 2 is 2.11 bits per heavy atom. The van der Waals surface area contributed by atoms with Crippen molar-refractivity contribution >= 4 is 37.2 Å². The first kappa shape index (κ1) is 16.8. The molecule has 0 saturated carbocycles. The van der Waals surface area contributed by atoms with Gasteiger partial charge in [-0.3, -0.25) is 0 Å². The SMILES string of the molecule is CCCCc1cnc(N=C(P(=O)(O)O)[P+](O)(O)O)s1. The fourth-order valence-corrected chi connectivity index (χ4v) is 4.02. The summed E-state index contributed by atoms with van der Waals surface area (Å²) < 4.78 is 11.0. The molecule has 0 unspecified atom stereocenters. The van der Waals surface area contributed by atoms with Crippen molar-refractivity contribution in [1.29, 1.82) is 0 Å². The summed E-state index contributed by atoms with van der Waals surface area (Å²) in [5.74, 6) is 0. The molecule has 0 spiro atoms. The van der Waals surface area contributed by atoms with Crippen LogP contribution in [0.5, 0.6) is 0 Å². The van der Waals surface area contributed by atoms with Gasteiger partial charge in [0.2, 0.25) is 5.13 Å². The maximum Gasteiger partial charge on any atom is 0.469 e. The van der Waals surface area contributed by atoms with Gasteiger partial charge >= 0.3 is 20.7 Å². The summed E-state index contributed by atoms with van der Waals surface area (Å²) in [5, 5.41) is -1.37. The van der Waals surface area contributed by atoms with Crippen LogP contribution in [-0.4, -0.2) is 34.6 Å². The Bertz CT molecular complexity index is 506. The maximum absolute atomic E-state index is 11.0. The molecular formula is C8H15N2O6P2S+. The minimum absolute atomic E-state index is 0.0362. The Labute approximate surface area is 114 Å². The lowest BCUT2D eigenvalue weighted by molar-refractivity contribution is 0.349. The molecule has 11 heteroatoms. The molecule has 0 saturated heterocycles. The lowest BCUT2D eigenvalue weighted by Crippen LogP contribution is -2.05. The van der Waals surface area contributed by atoms with Crippen molar-refractivity contribution in [2.24, 2.45) is 4.99 Å². The third kappa shape index (κ3) is 5.33. The van der Waals surface area contributed by atoms with Gasteiger partial charge in [-0.25, -0.2) is 9.55 Å². The molecule has 5 N–H and O–H groups in total. The van der Waals surface area contributed by atoms with Crippen LogP contribution in [0.4, 0.5) is 5.13 Å². The number of thiazole rings is 1. The van der Waals surface area contributed by atoms with Crippen molar-refractivity contribution in [3.63, 3.8) is 0 Å². The molecule has 108 valence electrons. The highest BCUT2D eigenvalue weighted by Gasteiger charge is 2.52. The normalized spacial score (nSPS) is 13.9. The van der Waals surface area contributed by atoms with Gasteiger partial charge in [0, 0.05) is 11.1 Å². The summed E-state index contributed by atoms with van der Waals surface area (Å²) in [6.07, 6.45) is 4.19. The van der Waals surface area contributed by atoms with E-state index in [2.05, 4.69) is 9.98 Å². The first-order valence-corrected chi connectivity index (χ1v) is 9.39. The molecular weight excluding hydrogens is 314 g/mol. The largest absolute Gasteiger partial charge is 0.469 e. The zero-order valence-electron chi connectivity index (χ0n) is 10.0. The fourth-order valence-electron chi connectivity index (χ4n) is 1.21. The molecule has 0 aliphatic rings. The summed E-state index contributed by atoms with van der Waals surface area (Å²) in [6.45, 7) is 2.02. The van der Waals surface area contributed by atoms with Gasteiger partial charge in [0.05, 0.1) is 0 Å². The van der Waals surface area contributed by atoms with Crippen LogP contribution in [0.1, 0.15) is 24.6 Å². The Hall–Kier alpha value is -0.240. The molecule has 0 aromatic carbocycles. The average molecular weight is 329 g/mol.